The van der Waals surface area contributed by atoms with E-state index in [1.165, 1.54) is 0 Å². The summed E-state index contributed by atoms with van der Waals surface area (Å²) >= 11 is 0. The number of amides is 1. The van der Waals surface area contributed by atoms with Crippen molar-refractivity contribution in [1.29, 1.82) is 0 Å². The summed E-state index contributed by atoms with van der Waals surface area (Å²) in [5.41, 5.74) is 6.97. The molecule has 1 aromatic rings. The van der Waals surface area contributed by atoms with Crippen LogP contribution in [-0.2, 0) is 4.74 Å². The SMILES string of the molecule is CN(CC1CCCOC1)C(=O)c1ccc(N)cc1. The van der Waals surface area contributed by atoms with E-state index < -0.39 is 0 Å². The maximum atomic E-state index is 12.2. The zero-order chi connectivity index (χ0) is 13.0. The van der Waals surface area contributed by atoms with Crippen molar-refractivity contribution in [3.05, 3.63) is 29.8 Å². The minimum absolute atomic E-state index is 0.0422. The molecule has 1 saturated heterocycles. The molecule has 0 bridgehead atoms. The summed E-state index contributed by atoms with van der Waals surface area (Å²) < 4.78 is 5.43. The van der Waals surface area contributed by atoms with Gasteiger partial charge in [0, 0.05) is 31.5 Å². The molecule has 1 atom stereocenters. The number of ether oxygens (including phenoxy) is 1. The highest BCUT2D eigenvalue weighted by Crippen LogP contribution is 2.16. The maximum absolute atomic E-state index is 12.2. The van der Waals surface area contributed by atoms with Crippen molar-refractivity contribution in [2.75, 3.05) is 32.5 Å². The number of nitrogens with zero attached hydrogens (tertiary/aromatic N) is 1. The lowest BCUT2D eigenvalue weighted by Gasteiger charge is -2.27. The van der Waals surface area contributed by atoms with Gasteiger partial charge in [0.1, 0.15) is 0 Å². The summed E-state index contributed by atoms with van der Waals surface area (Å²) in [5, 5.41) is 0. The zero-order valence-electron chi connectivity index (χ0n) is 10.8. The van der Waals surface area contributed by atoms with Crippen molar-refractivity contribution in [2.24, 2.45) is 5.92 Å². The number of carbonyl (C=O) groups is 1. The van der Waals surface area contributed by atoms with Crippen LogP contribution >= 0.6 is 0 Å². The fourth-order valence-corrected chi connectivity index (χ4v) is 2.27. The second kappa shape index (κ2) is 5.87. The number of nitrogens with two attached hydrogens (primary N) is 1. The van der Waals surface area contributed by atoms with Crippen molar-refractivity contribution >= 4 is 11.6 Å². The van der Waals surface area contributed by atoms with Gasteiger partial charge in [0.05, 0.1) is 6.61 Å². The molecule has 2 rings (SSSR count). The molecular formula is C14H20N2O2. The quantitative estimate of drug-likeness (QED) is 0.829. The minimum Gasteiger partial charge on any atom is -0.399 e. The topological polar surface area (TPSA) is 55.6 Å². The first kappa shape index (κ1) is 12.9. The van der Waals surface area contributed by atoms with E-state index in [1.807, 2.05) is 7.05 Å². The van der Waals surface area contributed by atoms with Crippen molar-refractivity contribution < 1.29 is 9.53 Å². The van der Waals surface area contributed by atoms with E-state index in [-0.39, 0.29) is 5.91 Å². The van der Waals surface area contributed by atoms with E-state index in [0.717, 1.165) is 32.6 Å². The molecule has 1 unspecified atom stereocenters. The van der Waals surface area contributed by atoms with E-state index in [4.69, 9.17) is 10.5 Å². The van der Waals surface area contributed by atoms with Gasteiger partial charge in [-0.25, -0.2) is 0 Å². The number of hydrogen-bond acceptors (Lipinski definition) is 3. The zero-order valence-corrected chi connectivity index (χ0v) is 10.8. The van der Waals surface area contributed by atoms with Gasteiger partial charge < -0.3 is 15.4 Å². The molecule has 1 fully saturated rings. The van der Waals surface area contributed by atoms with Crippen LogP contribution < -0.4 is 5.73 Å². The van der Waals surface area contributed by atoms with Crippen LogP contribution in [0.2, 0.25) is 0 Å². The van der Waals surface area contributed by atoms with E-state index in [1.54, 1.807) is 29.2 Å². The van der Waals surface area contributed by atoms with E-state index in [9.17, 15) is 4.79 Å². The van der Waals surface area contributed by atoms with Gasteiger partial charge >= 0.3 is 0 Å². The monoisotopic (exact) mass is 248 g/mol. The second-order valence-corrected chi connectivity index (χ2v) is 4.89. The molecule has 2 N–H and O–H groups in total. The molecule has 18 heavy (non-hydrogen) atoms. The molecule has 1 amide bonds. The van der Waals surface area contributed by atoms with Crippen molar-refractivity contribution in [1.82, 2.24) is 4.90 Å². The van der Waals surface area contributed by atoms with Crippen LogP contribution in [-0.4, -0.2) is 37.6 Å². The highest BCUT2D eigenvalue weighted by Gasteiger charge is 2.19. The summed E-state index contributed by atoms with van der Waals surface area (Å²) in [5.74, 6) is 0.502. The van der Waals surface area contributed by atoms with E-state index >= 15 is 0 Å². The first-order valence-electron chi connectivity index (χ1n) is 6.35. The van der Waals surface area contributed by atoms with E-state index in [0.29, 0.717) is 17.2 Å². The Morgan fingerprint density at radius 1 is 1.44 bits per heavy atom. The lowest BCUT2D eigenvalue weighted by atomic mass is 10.0. The summed E-state index contributed by atoms with van der Waals surface area (Å²) in [4.78, 5) is 13.9. The third kappa shape index (κ3) is 3.23. The predicted molar refractivity (Wildman–Crippen MR) is 71.4 cm³/mol. The van der Waals surface area contributed by atoms with Gasteiger partial charge in [0.2, 0.25) is 0 Å². The van der Waals surface area contributed by atoms with Crippen molar-refractivity contribution in [3.8, 4) is 0 Å². The molecule has 1 aliphatic rings. The van der Waals surface area contributed by atoms with Gasteiger partial charge in [-0.15, -0.1) is 0 Å². The van der Waals surface area contributed by atoms with E-state index in [2.05, 4.69) is 0 Å². The third-order valence-corrected chi connectivity index (χ3v) is 3.29. The Hall–Kier alpha value is -1.55. The van der Waals surface area contributed by atoms with Gasteiger partial charge in [-0.2, -0.15) is 0 Å². The fourth-order valence-electron chi connectivity index (χ4n) is 2.27. The second-order valence-electron chi connectivity index (χ2n) is 4.89. The van der Waals surface area contributed by atoms with Gasteiger partial charge in [-0.1, -0.05) is 0 Å². The smallest absolute Gasteiger partial charge is 0.253 e. The standard InChI is InChI=1S/C14H20N2O2/c1-16(9-11-3-2-8-18-10-11)14(17)12-4-6-13(15)7-5-12/h4-7,11H,2-3,8-10,15H2,1H3. The number of hydrogen-bond donors (Lipinski definition) is 1. The Balaban J connectivity index is 1.93. The highest BCUT2D eigenvalue weighted by atomic mass is 16.5. The molecule has 1 aromatic carbocycles. The summed E-state index contributed by atoms with van der Waals surface area (Å²) in [6.07, 6.45) is 2.23. The van der Waals surface area contributed by atoms with Gasteiger partial charge in [-0.05, 0) is 43.0 Å². The van der Waals surface area contributed by atoms with Crippen LogP contribution in [0.4, 0.5) is 5.69 Å². The van der Waals surface area contributed by atoms with Crippen LogP contribution in [0.15, 0.2) is 24.3 Å². The number of nitrogen functional groups attached to an aromatic ring is 1. The van der Waals surface area contributed by atoms with Crippen molar-refractivity contribution in [2.45, 2.75) is 12.8 Å². The van der Waals surface area contributed by atoms with Gasteiger partial charge in [0.15, 0.2) is 0 Å². The predicted octanol–water partition coefficient (Wildman–Crippen LogP) is 1.77. The molecule has 0 radical (unpaired) electrons. The lowest BCUT2D eigenvalue weighted by Crippen LogP contribution is -2.35. The Morgan fingerprint density at radius 3 is 2.78 bits per heavy atom. The Labute approximate surface area is 108 Å². The van der Waals surface area contributed by atoms with Crippen molar-refractivity contribution in [3.63, 3.8) is 0 Å². The summed E-state index contributed by atoms with van der Waals surface area (Å²) in [7, 11) is 1.84. The number of rotatable bonds is 3. The Kier molecular flexibility index (Phi) is 4.20. The molecule has 4 nitrogen and oxygen atoms in total. The molecule has 1 heterocycles. The third-order valence-electron chi connectivity index (χ3n) is 3.29. The molecule has 0 aromatic heterocycles. The molecule has 1 aliphatic heterocycles. The molecule has 4 heteroatoms. The fraction of sp³-hybridized carbons (Fsp3) is 0.500. The minimum atomic E-state index is 0.0422. The average Bonchev–Trinajstić information content (AvgIpc) is 2.40. The normalized spacial score (nSPS) is 19.5. The van der Waals surface area contributed by atoms with Gasteiger partial charge in [0.25, 0.3) is 5.91 Å². The van der Waals surface area contributed by atoms with Crippen LogP contribution in [0.25, 0.3) is 0 Å². The number of carbonyl (C=O) groups excluding carboxylic acids is 1. The molecule has 0 spiro atoms. The van der Waals surface area contributed by atoms with Crippen LogP contribution in [0.1, 0.15) is 23.2 Å². The summed E-state index contributed by atoms with van der Waals surface area (Å²) in [6.45, 7) is 2.37. The van der Waals surface area contributed by atoms with Gasteiger partial charge in [-0.3, -0.25) is 4.79 Å². The van der Waals surface area contributed by atoms with Crippen LogP contribution in [0, 0.1) is 5.92 Å². The molecule has 0 saturated carbocycles. The summed E-state index contributed by atoms with van der Waals surface area (Å²) in [6, 6.07) is 7.05. The molecule has 98 valence electrons. The molecular weight excluding hydrogens is 228 g/mol. The number of anilines is 1. The number of benzene rings is 1. The molecule has 0 aliphatic carbocycles. The highest BCUT2D eigenvalue weighted by molar-refractivity contribution is 5.94. The average molecular weight is 248 g/mol. The largest absolute Gasteiger partial charge is 0.399 e. The first-order chi connectivity index (χ1) is 8.66. The Bertz CT molecular complexity index is 397. The van der Waals surface area contributed by atoms with Crippen LogP contribution in [0.5, 0.6) is 0 Å². The Morgan fingerprint density at radius 2 is 2.17 bits per heavy atom. The van der Waals surface area contributed by atoms with Crippen LogP contribution in [0.3, 0.4) is 0 Å². The first-order valence-corrected chi connectivity index (χ1v) is 6.35. The lowest BCUT2D eigenvalue weighted by molar-refractivity contribution is 0.0388. The maximum Gasteiger partial charge on any atom is 0.253 e.